The molecule has 2 fully saturated rings. The molecule has 0 aromatic carbocycles. The van der Waals surface area contributed by atoms with Crippen LogP contribution in [0.25, 0.3) is 16.8 Å². The van der Waals surface area contributed by atoms with Gasteiger partial charge in [0.25, 0.3) is 0 Å². The van der Waals surface area contributed by atoms with E-state index in [1.807, 2.05) is 18.3 Å². The number of hydrogen-bond donors (Lipinski definition) is 2. The number of nitrogens with one attached hydrogen (secondary N) is 2. The summed E-state index contributed by atoms with van der Waals surface area (Å²) >= 11 is 0. The van der Waals surface area contributed by atoms with Crippen LogP contribution in [-0.2, 0) is 10.0 Å². The standard InChI is InChI=1S/C21H29N7O3S/c1-14-12-27(32(2,29)30)9-8-18(14)24-21-25-19-7-6-17(16-10-22-23-11-16)20(28(19)26-21)31-13-15-4-3-5-15/h6-7,10-11,14-15,18H,3-5,8-9,12-13H2,1-2H3,(H,22,23)(H,24,26)/t14-,18+/m1/s1. The molecular formula is C21H29N7O3S. The van der Waals surface area contributed by atoms with E-state index >= 15 is 0 Å². The number of anilines is 1. The van der Waals surface area contributed by atoms with Gasteiger partial charge in [-0.3, -0.25) is 5.10 Å². The fraction of sp³-hybridized carbons (Fsp3) is 0.571. The molecule has 0 radical (unpaired) electrons. The van der Waals surface area contributed by atoms with Crippen molar-refractivity contribution in [1.29, 1.82) is 0 Å². The average Bonchev–Trinajstić information content (AvgIpc) is 3.37. The molecule has 0 bridgehead atoms. The molecule has 1 saturated carbocycles. The van der Waals surface area contributed by atoms with Crippen LogP contribution in [0, 0.1) is 11.8 Å². The Morgan fingerprint density at radius 3 is 2.78 bits per heavy atom. The number of aromatic amines is 1. The molecule has 1 aliphatic carbocycles. The van der Waals surface area contributed by atoms with Gasteiger partial charge in [-0.15, -0.1) is 5.10 Å². The third-order valence-corrected chi connectivity index (χ3v) is 7.86. The lowest BCUT2D eigenvalue weighted by Gasteiger charge is -2.35. The molecule has 5 rings (SSSR count). The largest absolute Gasteiger partial charge is 0.477 e. The van der Waals surface area contributed by atoms with Gasteiger partial charge in [-0.25, -0.2) is 12.7 Å². The third-order valence-electron chi connectivity index (χ3n) is 6.60. The summed E-state index contributed by atoms with van der Waals surface area (Å²) in [5, 5.41) is 15.1. The predicted octanol–water partition coefficient (Wildman–Crippen LogP) is 2.38. The fourth-order valence-electron chi connectivity index (χ4n) is 4.39. The average molecular weight is 460 g/mol. The van der Waals surface area contributed by atoms with E-state index in [0.29, 0.717) is 49.5 Å². The van der Waals surface area contributed by atoms with Crippen molar-refractivity contribution in [3.05, 3.63) is 24.5 Å². The highest BCUT2D eigenvalue weighted by atomic mass is 32.2. The number of ether oxygens (including phenoxy) is 1. The summed E-state index contributed by atoms with van der Waals surface area (Å²) < 4.78 is 33.3. The number of sulfonamides is 1. The van der Waals surface area contributed by atoms with Crippen molar-refractivity contribution in [2.45, 2.75) is 38.6 Å². The summed E-state index contributed by atoms with van der Waals surface area (Å²) in [7, 11) is -3.17. The molecule has 3 aromatic heterocycles. The van der Waals surface area contributed by atoms with Crippen molar-refractivity contribution in [2.75, 3.05) is 31.3 Å². The molecular weight excluding hydrogens is 430 g/mol. The summed E-state index contributed by atoms with van der Waals surface area (Å²) in [5.41, 5.74) is 2.55. The van der Waals surface area contributed by atoms with Gasteiger partial charge in [-0.1, -0.05) is 13.3 Å². The van der Waals surface area contributed by atoms with Crippen LogP contribution in [0.1, 0.15) is 32.6 Å². The second kappa shape index (κ2) is 8.36. The molecule has 2 atom stereocenters. The SMILES string of the molecule is C[C@@H]1CN(S(C)(=O)=O)CC[C@@H]1Nc1nc2ccc(-c3cn[nH]c3)c(OCC3CCC3)n2n1. The van der Waals surface area contributed by atoms with Crippen molar-refractivity contribution < 1.29 is 13.2 Å². The zero-order valence-corrected chi connectivity index (χ0v) is 19.2. The van der Waals surface area contributed by atoms with Gasteiger partial charge in [0, 0.05) is 36.5 Å². The molecule has 10 nitrogen and oxygen atoms in total. The van der Waals surface area contributed by atoms with Gasteiger partial charge in [-0.05, 0) is 43.2 Å². The zero-order valence-electron chi connectivity index (χ0n) is 18.4. The summed E-state index contributed by atoms with van der Waals surface area (Å²) in [6, 6.07) is 4.01. The maximum atomic E-state index is 11.9. The van der Waals surface area contributed by atoms with Crippen LogP contribution in [-0.4, -0.2) is 69.5 Å². The third kappa shape index (κ3) is 4.18. The van der Waals surface area contributed by atoms with Crippen LogP contribution in [0.2, 0.25) is 0 Å². The highest BCUT2D eigenvalue weighted by Crippen LogP contribution is 2.33. The first-order valence-corrected chi connectivity index (χ1v) is 13.0. The lowest BCUT2D eigenvalue weighted by molar-refractivity contribution is 0.173. The molecule has 11 heteroatoms. The first kappa shape index (κ1) is 21.2. The minimum absolute atomic E-state index is 0.0955. The van der Waals surface area contributed by atoms with Gasteiger partial charge in [0.2, 0.25) is 21.9 Å². The van der Waals surface area contributed by atoms with Crippen molar-refractivity contribution in [1.82, 2.24) is 29.1 Å². The molecule has 4 heterocycles. The first-order valence-electron chi connectivity index (χ1n) is 11.1. The second-order valence-electron chi connectivity index (χ2n) is 8.99. The van der Waals surface area contributed by atoms with Crippen LogP contribution in [0.3, 0.4) is 0 Å². The number of aromatic nitrogens is 5. The van der Waals surface area contributed by atoms with Crippen LogP contribution >= 0.6 is 0 Å². The summed E-state index contributed by atoms with van der Waals surface area (Å²) in [6.07, 6.45) is 9.24. The first-order chi connectivity index (χ1) is 15.4. The van der Waals surface area contributed by atoms with E-state index in [1.54, 1.807) is 10.7 Å². The summed E-state index contributed by atoms with van der Waals surface area (Å²) in [6.45, 7) is 3.70. The highest BCUT2D eigenvalue weighted by Gasteiger charge is 2.31. The molecule has 3 aromatic rings. The molecule has 0 unspecified atom stereocenters. The lowest BCUT2D eigenvalue weighted by atomic mass is 9.86. The number of pyridine rings is 1. The van der Waals surface area contributed by atoms with Gasteiger partial charge >= 0.3 is 0 Å². The van der Waals surface area contributed by atoms with Gasteiger partial charge < -0.3 is 10.1 Å². The van der Waals surface area contributed by atoms with E-state index in [4.69, 9.17) is 9.84 Å². The normalized spacial score (nSPS) is 22.7. The quantitative estimate of drug-likeness (QED) is 0.557. The Labute approximate surface area is 187 Å². The van der Waals surface area contributed by atoms with Crippen molar-refractivity contribution in [3.8, 4) is 17.0 Å². The number of H-pyrrole nitrogens is 1. The second-order valence-corrected chi connectivity index (χ2v) is 11.0. The summed E-state index contributed by atoms with van der Waals surface area (Å²) in [5.74, 6) is 1.91. The Kier molecular flexibility index (Phi) is 5.54. The Hall–Kier alpha value is -2.66. The lowest BCUT2D eigenvalue weighted by Crippen LogP contribution is -2.47. The molecule has 2 N–H and O–H groups in total. The van der Waals surface area contributed by atoms with E-state index in [0.717, 1.165) is 11.1 Å². The van der Waals surface area contributed by atoms with Crippen molar-refractivity contribution in [3.63, 3.8) is 0 Å². The van der Waals surface area contributed by atoms with Crippen LogP contribution in [0.4, 0.5) is 5.95 Å². The minimum Gasteiger partial charge on any atom is -0.477 e. The number of hydrogen-bond acceptors (Lipinski definition) is 7. The zero-order chi connectivity index (χ0) is 22.3. The van der Waals surface area contributed by atoms with E-state index in [1.165, 1.54) is 29.8 Å². The van der Waals surface area contributed by atoms with Crippen molar-refractivity contribution in [2.24, 2.45) is 11.8 Å². The number of nitrogens with zero attached hydrogens (tertiary/aromatic N) is 5. The number of fused-ring (bicyclic) bond motifs is 1. The van der Waals surface area contributed by atoms with Gasteiger partial charge in [-0.2, -0.15) is 14.6 Å². The Morgan fingerprint density at radius 2 is 2.12 bits per heavy atom. The molecule has 1 saturated heterocycles. The van der Waals surface area contributed by atoms with E-state index in [-0.39, 0.29) is 12.0 Å². The minimum atomic E-state index is -3.17. The topological polar surface area (TPSA) is 118 Å². The molecule has 0 spiro atoms. The van der Waals surface area contributed by atoms with Crippen LogP contribution in [0.15, 0.2) is 24.5 Å². The summed E-state index contributed by atoms with van der Waals surface area (Å²) in [4.78, 5) is 4.66. The van der Waals surface area contributed by atoms with Crippen LogP contribution in [0.5, 0.6) is 5.88 Å². The Balaban J connectivity index is 1.40. The molecule has 1 aliphatic heterocycles. The van der Waals surface area contributed by atoms with Gasteiger partial charge in [0.1, 0.15) is 0 Å². The van der Waals surface area contributed by atoms with E-state index < -0.39 is 10.0 Å². The monoisotopic (exact) mass is 459 g/mol. The smallest absolute Gasteiger partial charge is 0.243 e. The number of piperidine rings is 1. The Morgan fingerprint density at radius 1 is 1.28 bits per heavy atom. The maximum absolute atomic E-state index is 11.9. The van der Waals surface area contributed by atoms with Gasteiger partial charge in [0.05, 0.1) is 19.1 Å². The Bertz CT molecular complexity index is 1190. The van der Waals surface area contributed by atoms with E-state index in [9.17, 15) is 8.42 Å². The van der Waals surface area contributed by atoms with Crippen LogP contribution < -0.4 is 10.1 Å². The molecule has 172 valence electrons. The van der Waals surface area contributed by atoms with Crippen molar-refractivity contribution >= 4 is 21.6 Å². The molecule has 0 amide bonds. The number of rotatable bonds is 7. The highest BCUT2D eigenvalue weighted by molar-refractivity contribution is 7.88. The fourth-order valence-corrected chi connectivity index (χ4v) is 5.33. The van der Waals surface area contributed by atoms with Gasteiger partial charge in [0.15, 0.2) is 5.65 Å². The van der Waals surface area contributed by atoms with E-state index in [2.05, 4.69) is 27.4 Å². The maximum Gasteiger partial charge on any atom is 0.243 e. The predicted molar refractivity (Wildman–Crippen MR) is 121 cm³/mol. The molecule has 32 heavy (non-hydrogen) atoms. The molecule has 2 aliphatic rings.